The molecule has 0 spiro atoms. The number of para-hydroxylation sites is 2. The van der Waals surface area contributed by atoms with Crippen LogP contribution in [-0.4, -0.2) is 49.5 Å². The molecule has 1 unspecified atom stereocenters. The number of anilines is 2. The quantitative estimate of drug-likeness (QED) is 0.838. The van der Waals surface area contributed by atoms with Crippen LogP contribution in [0.1, 0.15) is 12.0 Å². The van der Waals surface area contributed by atoms with E-state index in [2.05, 4.69) is 17.1 Å². The number of benzene rings is 2. The maximum absolute atomic E-state index is 12.8. The van der Waals surface area contributed by atoms with E-state index in [9.17, 15) is 9.59 Å². The van der Waals surface area contributed by atoms with Crippen molar-refractivity contribution in [3.05, 3.63) is 53.1 Å². The van der Waals surface area contributed by atoms with Gasteiger partial charge in [-0.15, -0.1) is 0 Å². The summed E-state index contributed by atoms with van der Waals surface area (Å²) >= 11 is 6.14. The third-order valence-electron chi connectivity index (χ3n) is 5.52. The van der Waals surface area contributed by atoms with E-state index in [0.717, 1.165) is 18.8 Å². The highest BCUT2D eigenvalue weighted by atomic mass is 35.5. The first kappa shape index (κ1) is 19.6. The number of hydrogen-bond acceptors (Lipinski definition) is 4. The van der Waals surface area contributed by atoms with Crippen molar-refractivity contribution in [1.82, 2.24) is 4.90 Å². The number of carbonyl (C=O) groups excluding carboxylic acids is 2. The first-order valence-electron chi connectivity index (χ1n) is 9.83. The van der Waals surface area contributed by atoms with Gasteiger partial charge in [-0.25, -0.2) is 0 Å². The summed E-state index contributed by atoms with van der Waals surface area (Å²) < 4.78 is 5.74. The molecule has 1 N–H and O–H groups in total. The second-order valence-corrected chi connectivity index (χ2v) is 7.93. The maximum atomic E-state index is 12.8. The van der Waals surface area contributed by atoms with Crippen LogP contribution in [0.15, 0.2) is 42.5 Å². The van der Waals surface area contributed by atoms with Gasteiger partial charge >= 0.3 is 0 Å². The number of rotatable bonds is 3. The standard InChI is InChI=1S/C22H24ClN3O3/c1-15-6-7-17(23)13-19(15)25-8-10-26(11-9-25)21(27)12-16-14-29-20-5-3-2-4-18(20)24-22(16)28/h2-7,13,16H,8-12,14H2,1H3,(H,24,28). The number of amides is 2. The third-order valence-corrected chi connectivity index (χ3v) is 5.76. The molecule has 6 nitrogen and oxygen atoms in total. The van der Waals surface area contributed by atoms with Crippen LogP contribution in [0.4, 0.5) is 11.4 Å². The predicted molar refractivity (Wildman–Crippen MR) is 114 cm³/mol. The van der Waals surface area contributed by atoms with Crippen LogP contribution < -0.4 is 15.0 Å². The van der Waals surface area contributed by atoms with Crippen molar-refractivity contribution < 1.29 is 14.3 Å². The average molecular weight is 414 g/mol. The molecule has 0 aromatic heterocycles. The molecule has 0 saturated carbocycles. The summed E-state index contributed by atoms with van der Waals surface area (Å²) in [6, 6.07) is 13.2. The van der Waals surface area contributed by atoms with Crippen LogP contribution in [0.5, 0.6) is 5.75 Å². The van der Waals surface area contributed by atoms with E-state index in [-0.39, 0.29) is 24.8 Å². The first-order chi connectivity index (χ1) is 14.0. The van der Waals surface area contributed by atoms with Gasteiger partial charge in [-0.3, -0.25) is 9.59 Å². The minimum Gasteiger partial charge on any atom is -0.491 e. The zero-order valence-electron chi connectivity index (χ0n) is 16.4. The second-order valence-electron chi connectivity index (χ2n) is 7.50. The molecule has 2 aliphatic rings. The van der Waals surface area contributed by atoms with Crippen molar-refractivity contribution in [2.75, 3.05) is 43.0 Å². The highest BCUT2D eigenvalue weighted by Gasteiger charge is 2.30. The molecule has 2 aromatic carbocycles. The fourth-order valence-corrected chi connectivity index (χ4v) is 3.97. The van der Waals surface area contributed by atoms with Crippen LogP contribution in [0, 0.1) is 12.8 Å². The Balaban J connectivity index is 1.34. The predicted octanol–water partition coefficient (Wildman–Crippen LogP) is 3.33. The Morgan fingerprint density at radius 1 is 1.17 bits per heavy atom. The largest absolute Gasteiger partial charge is 0.491 e. The summed E-state index contributed by atoms with van der Waals surface area (Å²) in [5.41, 5.74) is 2.93. The van der Waals surface area contributed by atoms with Crippen molar-refractivity contribution in [1.29, 1.82) is 0 Å². The fraction of sp³-hybridized carbons (Fsp3) is 0.364. The topological polar surface area (TPSA) is 61.9 Å². The molecule has 2 heterocycles. The summed E-state index contributed by atoms with van der Waals surface area (Å²) in [7, 11) is 0. The Morgan fingerprint density at radius 3 is 2.72 bits per heavy atom. The summed E-state index contributed by atoms with van der Waals surface area (Å²) in [4.78, 5) is 29.4. The molecule has 7 heteroatoms. The minimum absolute atomic E-state index is 0.0119. The molecule has 0 bridgehead atoms. The molecule has 1 saturated heterocycles. The fourth-order valence-electron chi connectivity index (χ4n) is 3.81. The van der Waals surface area contributed by atoms with Gasteiger partial charge in [0.15, 0.2) is 0 Å². The van der Waals surface area contributed by atoms with Crippen LogP contribution >= 0.6 is 11.6 Å². The van der Waals surface area contributed by atoms with Crippen molar-refractivity contribution in [3.8, 4) is 5.75 Å². The van der Waals surface area contributed by atoms with Crippen LogP contribution in [0.2, 0.25) is 5.02 Å². The maximum Gasteiger partial charge on any atom is 0.231 e. The van der Waals surface area contributed by atoms with Gasteiger partial charge in [0.1, 0.15) is 12.4 Å². The summed E-state index contributed by atoms with van der Waals surface area (Å²) in [5, 5.41) is 3.58. The molecule has 0 radical (unpaired) electrons. The zero-order chi connectivity index (χ0) is 20.4. The molecule has 1 atom stereocenters. The number of ether oxygens (including phenoxy) is 1. The third kappa shape index (κ3) is 4.32. The van der Waals surface area contributed by atoms with Gasteiger partial charge in [0, 0.05) is 43.3 Å². The van der Waals surface area contributed by atoms with E-state index in [1.54, 1.807) is 6.07 Å². The average Bonchev–Trinajstić information content (AvgIpc) is 2.88. The molecule has 29 heavy (non-hydrogen) atoms. The number of piperazine rings is 1. The number of nitrogens with zero attached hydrogens (tertiary/aromatic N) is 2. The summed E-state index contributed by atoms with van der Waals surface area (Å²) in [6.07, 6.45) is 0.149. The summed E-state index contributed by atoms with van der Waals surface area (Å²) in [6.45, 7) is 5.00. The molecular weight excluding hydrogens is 390 g/mol. The zero-order valence-corrected chi connectivity index (χ0v) is 17.1. The van der Waals surface area contributed by atoms with E-state index in [4.69, 9.17) is 16.3 Å². The van der Waals surface area contributed by atoms with Gasteiger partial charge in [-0.1, -0.05) is 29.8 Å². The molecule has 2 aromatic rings. The molecular formula is C22H24ClN3O3. The van der Waals surface area contributed by atoms with Crippen molar-refractivity contribution in [2.24, 2.45) is 5.92 Å². The number of nitrogens with one attached hydrogen (secondary N) is 1. The number of aryl methyl sites for hydroxylation is 1. The Labute approximate surface area is 175 Å². The number of carbonyl (C=O) groups is 2. The first-order valence-corrected chi connectivity index (χ1v) is 10.2. The van der Waals surface area contributed by atoms with Gasteiger partial charge in [0.2, 0.25) is 11.8 Å². The van der Waals surface area contributed by atoms with Crippen LogP contribution in [0.3, 0.4) is 0 Å². The van der Waals surface area contributed by atoms with Gasteiger partial charge in [0.05, 0.1) is 11.6 Å². The monoisotopic (exact) mass is 413 g/mol. The number of halogens is 1. The lowest BCUT2D eigenvalue weighted by atomic mass is 10.0. The number of hydrogen-bond donors (Lipinski definition) is 1. The van der Waals surface area contributed by atoms with Crippen molar-refractivity contribution in [2.45, 2.75) is 13.3 Å². The van der Waals surface area contributed by atoms with Crippen molar-refractivity contribution in [3.63, 3.8) is 0 Å². The summed E-state index contributed by atoms with van der Waals surface area (Å²) in [5.74, 6) is -0.0388. The Hall–Kier alpha value is -2.73. The Bertz CT molecular complexity index is 925. The smallest absolute Gasteiger partial charge is 0.231 e. The number of fused-ring (bicyclic) bond motifs is 1. The SMILES string of the molecule is Cc1ccc(Cl)cc1N1CCN(C(=O)CC2COc3ccccc3NC2=O)CC1. The van der Waals surface area contributed by atoms with Gasteiger partial charge in [0.25, 0.3) is 0 Å². The lowest BCUT2D eigenvalue weighted by Crippen LogP contribution is -2.49. The van der Waals surface area contributed by atoms with E-state index in [1.807, 2.05) is 41.3 Å². The second kappa shape index (κ2) is 8.33. The van der Waals surface area contributed by atoms with Crippen LogP contribution in [-0.2, 0) is 9.59 Å². The highest BCUT2D eigenvalue weighted by Crippen LogP contribution is 2.29. The van der Waals surface area contributed by atoms with Gasteiger partial charge < -0.3 is 19.9 Å². The lowest BCUT2D eigenvalue weighted by molar-refractivity contribution is -0.135. The molecule has 2 amide bonds. The lowest BCUT2D eigenvalue weighted by Gasteiger charge is -2.37. The Kier molecular flexibility index (Phi) is 5.62. The van der Waals surface area contributed by atoms with Gasteiger partial charge in [-0.2, -0.15) is 0 Å². The van der Waals surface area contributed by atoms with E-state index < -0.39 is 5.92 Å². The Morgan fingerprint density at radius 2 is 1.93 bits per heavy atom. The van der Waals surface area contributed by atoms with E-state index in [0.29, 0.717) is 29.5 Å². The molecule has 0 aliphatic carbocycles. The van der Waals surface area contributed by atoms with E-state index in [1.165, 1.54) is 5.56 Å². The van der Waals surface area contributed by atoms with Crippen molar-refractivity contribution >= 4 is 34.8 Å². The highest BCUT2D eigenvalue weighted by molar-refractivity contribution is 6.30. The molecule has 4 rings (SSSR count). The van der Waals surface area contributed by atoms with E-state index >= 15 is 0 Å². The van der Waals surface area contributed by atoms with Crippen LogP contribution in [0.25, 0.3) is 0 Å². The molecule has 152 valence electrons. The molecule has 2 aliphatic heterocycles. The normalized spacial score (nSPS) is 19.1. The molecule has 1 fully saturated rings. The minimum atomic E-state index is -0.497. The van der Waals surface area contributed by atoms with Gasteiger partial charge in [-0.05, 0) is 36.8 Å².